The first-order chi connectivity index (χ1) is 7.04. The lowest BCUT2D eigenvalue weighted by Crippen LogP contribution is -1.94. The molecule has 0 amide bonds. The maximum Gasteiger partial charge on any atom is 0.324 e. The summed E-state index contributed by atoms with van der Waals surface area (Å²) in [7, 11) is 0. The van der Waals surface area contributed by atoms with Gasteiger partial charge in [0.25, 0.3) is 0 Å². The van der Waals surface area contributed by atoms with Crippen LogP contribution in [0.3, 0.4) is 0 Å². The molecule has 0 aliphatic heterocycles. The van der Waals surface area contributed by atoms with Crippen molar-refractivity contribution >= 4 is 34.0 Å². The largest absolute Gasteiger partial charge is 0.324 e. The molecule has 0 bridgehead atoms. The first-order valence-electron chi connectivity index (χ1n) is 4.55. The molecule has 15 heavy (non-hydrogen) atoms. The molecule has 1 aromatic heterocycles. The second-order valence-corrected chi connectivity index (χ2v) is 4.80. The van der Waals surface area contributed by atoms with Gasteiger partial charge in [0.15, 0.2) is 0 Å². The lowest BCUT2D eigenvalue weighted by Gasteiger charge is -2.05. The highest BCUT2D eigenvalue weighted by atomic mass is 35.5. The fourth-order valence-corrected chi connectivity index (χ4v) is 2.24. The number of thiophene rings is 1. The Morgan fingerprint density at radius 3 is 2.73 bits per heavy atom. The molecule has 0 aromatic carbocycles. The second kappa shape index (κ2) is 5.28. The van der Waals surface area contributed by atoms with Crippen LogP contribution in [0.2, 0.25) is 0 Å². The van der Waals surface area contributed by atoms with Crippen molar-refractivity contribution in [2.75, 3.05) is 5.88 Å². The Hall–Kier alpha value is -0.870. The Morgan fingerprint density at radius 2 is 2.33 bits per heavy atom. The van der Waals surface area contributed by atoms with Gasteiger partial charge in [-0.05, 0) is 18.1 Å². The van der Waals surface area contributed by atoms with Gasteiger partial charge >= 0.3 is 5.00 Å². The van der Waals surface area contributed by atoms with Crippen LogP contribution in [0.15, 0.2) is 17.7 Å². The van der Waals surface area contributed by atoms with Crippen molar-refractivity contribution in [3.63, 3.8) is 0 Å². The molecule has 82 valence electrons. The van der Waals surface area contributed by atoms with E-state index in [9.17, 15) is 10.1 Å². The van der Waals surface area contributed by atoms with Gasteiger partial charge in [0, 0.05) is 16.8 Å². The smallest absolute Gasteiger partial charge is 0.258 e. The van der Waals surface area contributed by atoms with E-state index in [0.717, 1.165) is 10.5 Å². The summed E-state index contributed by atoms with van der Waals surface area (Å²) in [6.07, 6.45) is 1.93. The first kappa shape index (κ1) is 12.2. The van der Waals surface area contributed by atoms with Crippen LogP contribution >= 0.6 is 22.9 Å². The van der Waals surface area contributed by atoms with Crippen molar-refractivity contribution in [3.05, 3.63) is 32.7 Å². The van der Waals surface area contributed by atoms with Gasteiger partial charge in [-0.2, -0.15) is 0 Å². The summed E-state index contributed by atoms with van der Waals surface area (Å²) in [5, 5.41) is 10.6. The van der Waals surface area contributed by atoms with Crippen LogP contribution in [-0.2, 0) is 0 Å². The molecule has 1 rings (SSSR count). The molecule has 0 unspecified atom stereocenters. The third-order valence-corrected chi connectivity index (χ3v) is 3.31. The van der Waals surface area contributed by atoms with E-state index in [1.54, 1.807) is 6.07 Å². The first-order valence-corrected chi connectivity index (χ1v) is 5.90. The standard InChI is InChI=1S/C10H12ClNO2S/c1-7(2)8(6-11)5-9-3-4-10(15-9)12(13)14/h3-5,7H,6H2,1-2H3/b8-5+. The zero-order valence-corrected chi connectivity index (χ0v) is 10.1. The third kappa shape index (κ3) is 3.32. The fraction of sp³-hybridized carbons (Fsp3) is 0.400. The Labute approximate surface area is 97.5 Å². The molecular weight excluding hydrogens is 234 g/mol. The summed E-state index contributed by atoms with van der Waals surface area (Å²) in [4.78, 5) is 11.0. The minimum absolute atomic E-state index is 0.166. The maximum atomic E-state index is 10.5. The minimum Gasteiger partial charge on any atom is -0.258 e. The van der Waals surface area contributed by atoms with Crippen molar-refractivity contribution in [3.8, 4) is 0 Å². The molecule has 0 spiro atoms. The molecule has 0 radical (unpaired) electrons. The third-order valence-electron chi connectivity index (χ3n) is 2.02. The molecule has 0 fully saturated rings. The molecule has 0 N–H and O–H groups in total. The summed E-state index contributed by atoms with van der Waals surface area (Å²) in [5.41, 5.74) is 1.09. The predicted octanol–water partition coefficient (Wildman–Crippen LogP) is 3.93. The predicted molar refractivity (Wildman–Crippen MR) is 64.5 cm³/mol. The van der Waals surface area contributed by atoms with Crippen molar-refractivity contribution in [1.29, 1.82) is 0 Å². The minimum atomic E-state index is -0.377. The number of nitro groups is 1. The Kier molecular flexibility index (Phi) is 4.29. The molecule has 0 saturated carbocycles. The second-order valence-electron chi connectivity index (χ2n) is 3.44. The van der Waals surface area contributed by atoms with Gasteiger partial charge < -0.3 is 0 Å². The van der Waals surface area contributed by atoms with E-state index in [4.69, 9.17) is 11.6 Å². The zero-order chi connectivity index (χ0) is 11.4. The average molecular weight is 246 g/mol. The SMILES string of the molecule is CC(C)/C(=C/c1ccc([N+](=O)[O-])s1)CCl. The van der Waals surface area contributed by atoms with E-state index >= 15 is 0 Å². The molecule has 0 aliphatic rings. The van der Waals surface area contributed by atoms with Gasteiger partial charge in [-0.3, -0.25) is 10.1 Å². The van der Waals surface area contributed by atoms with Crippen molar-refractivity contribution < 1.29 is 4.92 Å². The number of nitrogens with zero attached hydrogens (tertiary/aromatic N) is 1. The molecule has 5 heteroatoms. The normalized spacial score (nSPS) is 12.1. The van der Waals surface area contributed by atoms with Crippen LogP contribution < -0.4 is 0 Å². The summed E-state index contributed by atoms with van der Waals surface area (Å²) in [6, 6.07) is 3.26. The highest BCUT2D eigenvalue weighted by molar-refractivity contribution is 7.16. The summed E-state index contributed by atoms with van der Waals surface area (Å²) in [6.45, 7) is 4.10. The van der Waals surface area contributed by atoms with Crippen LogP contribution in [0.5, 0.6) is 0 Å². The van der Waals surface area contributed by atoms with Gasteiger partial charge in [-0.15, -0.1) is 11.6 Å². The lowest BCUT2D eigenvalue weighted by molar-refractivity contribution is -0.380. The summed E-state index contributed by atoms with van der Waals surface area (Å²) >= 11 is 6.95. The summed E-state index contributed by atoms with van der Waals surface area (Å²) < 4.78 is 0. The average Bonchev–Trinajstić information content (AvgIpc) is 2.61. The fourth-order valence-electron chi connectivity index (χ4n) is 1.06. The van der Waals surface area contributed by atoms with Crippen molar-refractivity contribution in [2.24, 2.45) is 5.92 Å². The quantitative estimate of drug-likeness (QED) is 0.458. The molecule has 0 atom stereocenters. The molecule has 1 aromatic rings. The van der Waals surface area contributed by atoms with Crippen LogP contribution in [-0.4, -0.2) is 10.8 Å². The van der Waals surface area contributed by atoms with E-state index in [1.165, 1.54) is 17.4 Å². The van der Waals surface area contributed by atoms with Crippen LogP contribution in [0, 0.1) is 16.0 Å². The molecular formula is C10H12ClNO2S. The Bertz CT molecular complexity index is 385. The van der Waals surface area contributed by atoms with Gasteiger partial charge in [0.05, 0.1) is 4.92 Å². The monoisotopic (exact) mass is 245 g/mol. The number of hydrogen-bond acceptors (Lipinski definition) is 3. The number of hydrogen-bond donors (Lipinski definition) is 0. The molecule has 3 nitrogen and oxygen atoms in total. The van der Waals surface area contributed by atoms with Gasteiger partial charge in [-0.25, -0.2) is 0 Å². The van der Waals surface area contributed by atoms with Crippen LogP contribution in [0.4, 0.5) is 5.00 Å². The van der Waals surface area contributed by atoms with Gasteiger partial charge in [0.2, 0.25) is 0 Å². The number of halogens is 1. The topological polar surface area (TPSA) is 43.1 Å². The zero-order valence-electron chi connectivity index (χ0n) is 8.57. The van der Waals surface area contributed by atoms with E-state index in [0.29, 0.717) is 11.8 Å². The van der Waals surface area contributed by atoms with E-state index in [-0.39, 0.29) is 9.92 Å². The number of alkyl halides is 1. The molecule has 1 heterocycles. The molecule has 0 saturated heterocycles. The van der Waals surface area contributed by atoms with Gasteiger partial charge in [0.1, 0.15) is 0 Å². The van der Waals surface area contributed by atoms with E-state index in [1.807, 2.05) is 6.08 Å². The highest BCUT2D eigenvalue weighted by Gasteiger charge is 2.09. The molecule has 0 aliphatic carbocycles. The Morgan fingerprint density at radius 1 is 1.67 bits per heavy atom. The number of allylic oxidation sites excluding steroid dienone is 1. The van der Waals surface area contributed by atoms with Crippen LogP contribution in [0.1, 0.15) is 18.7 Å². The Balaban J connectivity index is 2.92. The lowest BCUT2D eigenvalue weighted by atomic mass is 10.0. The highest BCUT2D eigenvalue weighted by Crippen LogP contribution is 2.27. The van der Waals surface area contributed by atoms with E-state index in [2.05, 4.69) is 13.8 Å². The summed E-state index contributed by atoms with van der Waals surface area (Å²) in [5.74, 6) is 0.826. The number of rotatable bonds is 4. The van der Waals surface area contributed by atoms with Gasteiger partial charge in [-0.1, -0.05) is 30.8 Å². The van der Waals surface area contributed by atoms with Crippen molar-refractivity contribution in [2.45, 2.75) is 13.8 Å². The maximum absolute atomic E-state index is 10.5. The van der Waals surface area contributed by atoms with E-state index < -0.39 is 0 Å². The van der Waals surface area contributed by atoms with Crippen LogP contribution in [0.25, 0.3) is 6.08 Å². The van der Waals surface area contributed by atoms with Crippen molar-refractivity contribution in [1.82, 2.24) is 0 Å².